The third-order valence-electron chi connectivity index (χ3n) is 4.27. The van der Waals surface area contributed by atoms with Crippen molar-refractivity contribution in [3.05, 3.63) is 35.6 Å². The highest BCUT2D eigenvalue weighted by Crippen LogP contribution is 2.22. The summed E-state index contributed by atoms with van der Waals surface area (Å²) < 4.78 is 13.6. The van der Waals surface area contributed by atoms with Crippen LogP contribution in [0.15, 0.2) is 24.3 Å². The molecule has 3 heteroatoms. The number of unbranched alkanes of at least 4 members (excludes halogenated alkanes) is 1. The average Bonchev–Trinajstić information content (AvgIpc) is 2.47. The number of hydrogen-bond acceptors (Lipinski definition) is 2. The van der Waals surface area contributed by atoms with Crippen LogP contribution in [-0.2, 0) is 6.42 Å². The quantitative estimate of drug-likeness (QED) is 0.775. The molecule has 2 rings (SSSR count). The Hall–Kier alpha value is -0.930. The maximum atomic E-state index is 13.6. The van der Waals surface area contributed by atoms with Crippen molar-refractivity contribution in [3.8, 4) is 0 Å². The van der Waals surface area contributed by atoms with Crippen LogP contribution in [0.3, 0.4) is 0 Å². The Kier molecular flexibility index (Phi) is 6.48. The second-order valence-corrected chi connectivity index (χ2v) is 5.87. The van der Waals surface area contributed by atoms with Crippen molar-refractivity contribution < 1.29 is 9.50 Å². The smallest absolute Gasteiger partial charge is 0.126 e. The molecule has 0 radical (unpaired) electrons. The monoisotopic (exact) mass is 279 g/mol. The third kappa shape index (κ3) is 4.88. The normalized spacial score (nSPS) is 20.2. The van der Waals surface area contributed by atoms with Crippen LogP contribution in [0.5, 0.6) is 0 Å². The van der Waals surface area contributed by atoms with Gasteiger partial charge in [-0.2, -0.15) is 0 Å². The summed E-state index contributed by atoms with van der Waals surface area (Å²) in [5.41, 5.74) is 0.852. The van der Waals surface area contributed by atoms with Gasteiger partial charge in [0, 0.05) is 13.2 Å². The summed E-state index contributed by atoms with van der Waals surface area (Å²) in [7, 11) is 0. The lowest BCUT2D eigenvalue weighted by atomic mass is 9.91. The van der Waals surface area contributed by atoms with Gasteiger partial charge in [0.15, 0.2) is 0 Å². The molecule has 1 aromatic carbocycles. The molecule has 1 aliphatic heterocycles. The van der Waals surface area contributed by atoms with E-state index < -0.39 is 0 Å². The van der Waals surface area contributed by atoms with E-state index in [1.807, 2.05) is 12.1 Å². The average molecular weight is 279 g/mol. The highest BCUT2D eigenvalue weighted by molar-refractivity contribution is 5.17. The lowest BCUT2D eigenvalue weighted by Gasteiger charge is -2.32. The Bertz CT molecular complexity index is 396. The molecule has 0 aliphatic carbocycles. The molecule has 1 saturated heterocycles. The molecule has 1 heterocycles. The van der Waals surface area contributed by atoms with Gasteiger partial charge in [-0.3, -0.25) is 0 Å². The second-order valence-electron chi connectivity index (χ2n) is 5.87. The minimum Gasteiger partial charge on any atom is -0.396 e. The van der Waals surface area contributed by atoms with Crippen LogP contribution in [0.4, 0.5) is 4.39 Å². The van der Waals surface area contributed by atoms with Gasteiger partial charge < -0.3 is 10.0 Å². The van der Waals surface area contributed by atoms with Gasteiger partial charge in [0.1, 0.15) is 5.82 Å². The van der Waals surface area contributed by atoms with Crippen LogP contribution in [0, 0.1) is 11.7 Å². The Morgan fingerprint density at radius 2 is 2.10 bits per heavy atom. The summed E-state index contributed by atoms with van der Waals surface area (Å²) in [6, 6.07) is 7.12. The minimum atomic E-state index is -0.0666. The molecule has 1 fully saturated rings. The first-order valence-corrected chi connectivity index (χ1v) is 7.86. The summed E-state index contributed by atoms with van der Waals surface area (Å²) in [4.78, 5) is 2.51. The first kappa shape index (κ1) is 15.5. The van der Waals surface area contributed by atoms with E-state index in [0.29, 0.717) is 12.5 Å². The van der Waals surface area contributed by atoms with Crippen LogP contribution in [-0.4, -0.2) is 36.2 Å². The zero-order valence-corrected chi connectivity index (χ0v) is 12.2. The first-order valence-electron chi connectivity index (χ1n) is 7.86. The van der Waals surface area contributed by atoms with Gasteiger partial charge in [-0.1, -0.05) is 18.2 Å². The van der Waals surface area contributed by atoms with E-state index in [0.717, 1.165) is 44.3 Å². The number of aliphatic hydroxyl groups excluding tert-OH is 1. The van der Waals surface area contributed by atoms with Gasteiger partial charge in [0.2, 0.25) is 0 Å². The molecule has 0 spiro atoms. The summed E-state index contributed by atoms with van der Waals surface area (Å²) in [5, 5.41) is 8.83. The van der Waals surface area contributed by atoms with Crippen LogP contribution in [0.1, 0.15) is 37.7 Å². The minimum absolute atomic E-state index is 0.0666. The predicted molar refractivity (Wildman–Crippen MR) is 80.2 cm³/mol. The van der Waals surface area contributed by atoms with E-state index in [1.54, 1.807) is 12.1 Å². The van der Waals surface area contributed by atoms with E-state index in [1.165, 1.54) is 19.4 Å². The number of rotatable bonds is 7. The molecule has 0 saturated carbocycles. The van der Waals surface area contributed by atoms with Gasteiger partial charge in [0.05, 0.1) is 0 Å². The molecular weight excluding hydrogens is 253 g/mol. The number of benzene rings is 1. The van der Waals surface area contributed by atoms with Gasteiger partial charge in [0.25, 0.3) is 0 Å². The molecule has 20 heavy (non-hydrogen) atoms. The molecule has 0 amide bonds. The van der Waals surface area contributed by atoms with Crippen molar-refractivity contribution >= 4 is 0 Å². The highest BCUT2D eigenvalue weighted by atomic mass is 19.1. The Balaban J connectivity index is 1.74. The van der Waals surface area contributed by atoms with Gasteiger partial charge in [-0.05, 0) is 69.2 Å². The van der Waals surface area contributed by atoms with E-state index in [2.05, 4.69) is 4.90 Å². The lowest BCUT2D eigenvalue weighted by Crippen LogP contribution is -2.36. The maximum Gasteiger partial charge on any atom is 0.126 e. The molecule has 0 bridgehead atoms. The summed E-state index contributed by atoms with van der Waals surface area (Å²) >= 11 is 0. The standard InChI is InChI=1S/C17H26FNO/c18-17-8-2-1-7-16(17)10-9-15-6-5-12-19(14-15)11-3-4-13-20/h1-2,7-8,15,20H,3-6,9-14H2/t15-/m1/s1. The van der Waals surface area contributed by atoms with Crippen LogP contribution < -0.4 is 0 Å². The predicted octanol–water partition coefficient (Wildman–Crippen LogP) is 3.24. The summed E-state index contributed by atoms with van der Waals surface area (Å²) in [6.07, 6.45) is 6.43. The zero-order chi connectivity index (χ0) is 14.2. The number of aliphatic hydroxyl groups is 1. The summed E-state index contributed by atoms with van der Waals surface area (Å²) in [5.74, 6) is 0.626. The third-order valence-corrected chi connectivity index (χ3v) is 4.27. The van der Waals surface area contributed by atoms with E-state index in [4.69, 9.17) is 5.11 Å². The van der Waals surface area contributed by atoms with Crippen molar-refractivity contribution in [1.29, 1.82) is 0 Å². The van der Waals surface area contributed by atoms with Crippen molar-refractivity contribution in [2.24, 2.45) is 5.92 Å². The number of piperidine rings is 1. The van der Waals surface area contributed by atoms with Gasteiger partial charge >= 0.3 is 0 Å². The number of likely N-dealkylation sites (tertiary alicyclic amines) is 1. The molecule has 2 nitrogen and oxygen atoms in total. The Labute approximate surface area is 121 Å². The fourth-order valence-corrected chi connectivity index (χ4v) is 3.10. The molecule has 0 aromatic heterocycles. The fourth-order valence-electron chi connectivity index (χ4n) is 3.10. The molecular formula is C17H26FNO. The Morgan fingerprint density at radius 3 is 2.90 bits per heavy atom. The van der Waals surface area contributed by atoms with Crippen molar-refractivity contribution in [1.82, 2.24) is 4.90 Å². The highest BCUT2D eigenvalue weighted by Gasteiger charge is 2.19. The second kappa shape index (κ2) is 8.38. The van der Waals surface area contributed by atoms with Gasteiger partial charge in [-0.15, -0.1) is 0 Å². The maximum absolute atomic E-state index is 13.6. The van der Waals surface area contributed by atoms with E-state index in [-0.39, 0.29) is 5.82 Å². The van der Waals surface area contributed by atoms with Crippen LogP contribution in [0.25, 0.3) is 0 Å². The van der Waals surface area contributed by atoms with Crippen molar-refractivity contribution in [2.75, 3.05) is 26.2 Å². The number of nitrogens with zero attached hydrogens (tertiary/aromatic N) is 1. The lowest BCUT2D eigenvalue weighted by molar-refractivity contribution is 0.161. The zero-order valence-electron chi connectivity index (χ0n) is 12.2. The molecule has 0 unspecified atom stereocenters. The number of halogens is 1. The Morgan fingerprint density at radius 1 is 1.25 bits per heavy atom. The van der Waals surface area contributed by atoms with Gasteiger partial charge in [-0.25, -0.2) is 4.39 Å². The van der Waals surface area contributed by atoms with Crippen molar-refractivity contribution in [2.45, 2.75) is 38.5 Å². The SMILES string of the molecule is OCCCCN1CCC[C@H](CCc2ccccc2F)C1. The molecule has 1 atom stereocenters. The molecule has 1 aliphatic rings. The first-order chi connectivity index (χ1) is 9.79. The fraction of sp³-hybridized carbons (Fsp3) is 0.647. The van der Waals surface area contributed by atoms with E-state index in [9.17, 15) is 4.39 Å². The van der Waals surface area contributed by atoms with Crippen molar-refractivity contribution in [3.63, 3.8) is 0 Å². The molecule has 112 valence electrons. The van der Waals surface area contributed by atoms with Crippen LogP contribution in [0.2, 0.25) is 0 Å². The molecule has 1 N–H and O–H groups in total. The topological polar surface area (TPSA) is 23.5 Å². The molecule has 1 aromatic rings. The number of aryl methyl sites for hydroxylation is 1. The largest absolute Gasteiger partial charge is 0.396 e. The van der Waals surface area contributed by atoms with Crippen LogP contribution >= 0.6 is 0 Å². The summed E-state index contributed by atoms with van der Waals surface area (Å²) in [6.45, 7) is 3.71. The number of hydrogen-bond donors (Lipinski definition) is 1. The van der Waals surface area contributed by atoms with E-state index >= 15 is 0 Å².